The number of para-hydroxylation sites is 3. The van der Waals surface area contributed by atoms with E-state index in [0.717, 1.165) is 49.7 Å². The number of hydrogen-bond acceptors (Lipinski definition) is 4. The first-order valence-corrected chi connectivity index (χ1v) is 7.75. The maximum Gasteiger partial charge on any atom is 0.209 e. The Hall–Kier alpha value is -2.33. The normalized spacial score (nSPS) is 16.3. The average Bonchev–Trinajstić information content (AvgIpc) is 2.98. The van der Waals surface area contributed by atoms with E-state index in [1.807, 2.05) is 24.3 Å². The molecule has 4 rings (SSSR count). The topological polar surface area (TPSA) is 32.5 Å². The fourth-order valence-corrected chi connectivity index (χ4v) is 2.98. The standard InChI is InChI=1S/C18H19N3O/c1-2-6-15(7-3-1)21-12-10-20(11-13-21)14-18-19-16-8-4-5-9-17(16)22-18/h1-9H,10-14H2. The maximum absolute atomic E-state index is 5.82. The number of benzene rings is 2. The molecule has 4 heteroatoms. The van der Waals surface area contributed by atoms with Crippen molar-refractivity contribution in [3.8, 4) is 0 Å². The summed E-state index contributed by atoms with van der Waals surface area (Å²) in [5, 5.41) is 0. The Morgan fingerprint density at radius 3 is 2.36 bits per heavy atom. The van der Waals surface area contributed by atoms with Crippen LogP contribution in [0.25, 0.3) is 11.1 Å². The van der Waals surface area contributed by atoms with Crippen molar-refractivity contribution in [3.63, 3.8) is 0 Å². The molecule has 1 fully saturated rings. The molecule has 0 bridgehead atoms. The molecule has 0 spiro atoms. The molecular weight excluding hydrogens is 274 g/mol. The van der Waals surface area contributed by atoms with Crippen LogP contribution in [0.3, 0.4) is 0 Å². The number of oxazole rings is 1. The van der Waals surface area contributed by atoms with E-state index in [1.54, 1.807) is 0 Å². The van der Waals surface area contributed by atoms with Crippen LogP contribution in [0.15, 0.2) is 59.0 Å². The van der Waals surface area contributed by atoms with E-state index in [9.17, 15) is 0 Å². The minimum atomic E-state index is 0.789. The van der Waals surface area contributed by atoms with E-state index in [4.69, 9.17) is 4.42 Å². The number of rotatable bonds is 3. The van der Waals surface area contributed by atoms with Crippen molar-refractivity contribution in [2.75, 3.05) is 31.1 Å². The Balaban J connectivity index is 1.39. The van der Waals surface area contributed by atoms with Gasteiger partial charge in [-0.25, -0.2) is 4.98 Å². The highest BCUT2D eigenvalue weighted by molar-refractivity contribution is 5.72. The fourth-order valence-electron chi connectivity index (χ4n) is 2.98. The molecule has 2 aromatic carbocycles. The second-order valence-corrected chi connectivity index (χ2v) is 5.67. The summed E-state index contributed by atoms with van der Waals surface area (Å²) in [6.07, 6.45) is 0. The van der Waals surface area contributed by atoms with Crippen molar-refractivity contribution in [2.45, 2.75) is 6.54 Å². The molecule has 1 aliphatic rings. The molecular formula is C18H19N3O. The van der Waals surface area contributed by atoms with E-state index in [0.29, 0.717) is 0 Å². The zero-order chi connectivity index (χ0) is 14.8. The van der Waals surface area contributed by atoms with Crippen molar-refractivity contribution in [3.05, 3.63) is 60.5 Å². The molecule has 0 unspecified atom stereocenters. The molecule has 4 nitrogen and oxygen atoms in total. The lowest BCUT2D eigenvalue weighted by molar-refractivity contribution is 0.228. The van der Waals surface area contributed by atoms with Crippen molar-refractivity contribution in [1.82, 2.24) is 9.88 Å². The largest absolute Gasteiger partial charge is 0.439 e. The molecule has 1 saturated heterocycles. The van der Waals surface area contributed by atoms with Gasteiger partial charge in [-0.3, -0.25) is 4.90 Å². The monoisotopic (exact) mass is 293 g/mol. The minimum Gasteiger partial charge on any atom is -0.439 e. The van der Waals surface area contributed by atoms with Crippen LogP contribution in [0.4, 0.5) is 5.69 Å². The van der Waals surface area contributed by atoms with Crippen molar-refractivity contribution >= 4 is 16.8 Å². The summed E-state index contributed by atoms with van der Waals surface area (Å²) in [5.41, 5.74) is 3.13. The summed E-state index contributed by atoms with van der Waals surface area (Å²) < 4.78 is 5.82. The van der Waals surface area contributed by atoms with E-state index >= 15 is 0 Å². The minimum absolute atomic E-state index is 0.789. The third-order valence-electron chi connectivity index (χ3n) is 4.19. The molecule has 3 aromatic rings. The van der Waals surface area contributed by atoms with Crippen molar-refractivity contribution in [2.24, 2.45) is 0 Å². The zero-order valence-corrected chi connectivity index (χ0v) is 12.5. The highest BCUT2D eigenvalue weighted by Gasteiger charge is 2.19. The Morgan fingerprint density at radius 2 is 1.59 bits per heavy atom. The highest BCUT2D eigenvalue weighted by atomic mass is 16.3. The van der Waals surface area contributed by atoms with Crippen LogP contribution in [0.1, 0.15) is 5.89 Å². The molecule has 22 heavy (non-hydrogen) atoms. The van der Waals surface area contributed by atoms with E-state index < -0.39 is 0 Å². The first kappa shape index (κ1) is 13.3. The van der Waals surface area contributed by atoms with Crippen LogP contribution >= 0.6 is 0 Å². The van der Waals surface area contributed by atoms with E-state index in [-0.39, 0.29) is 0 Å². The summed E-state index contributed by atoms with van der Waals surface area (Å²) >= 11 is 0. The molecule has 0 radical (unpaired) electrons. The lowest BCUT2D eigenvalue weighted by Gasteiger charge is -2.35. The molecule has 0 amide bonds. The summed E-state index contributed by atoms with van der Waals surface area (Å²) in [7, 11) is 0. The first-order chi connectivity index (χ1) is 10.9. The quantitative estimate of drug-likeness (QED) is 0.742. The van der Waals surface area contributed by atoms with Gasteiger partial charge in [0.2, 0.25) is 5.89 Å². The van der Waals surface area contributed by atoms with Gasteiger partial charge in [0.15, 0.2) is 5.58 Å². The number of piperazine rings is 1. The number of hydrogen-bond donors (Lipinski definition) is 0. The molecule has 2 heterocycles. The first-order valence-electron chi connectivity index (χ1n) is 7.75. The Kier molecular flexibility index (Phi) is 3.52. The third kappa shape index (κ3) is 2.70. The van der Waals surface area contributed by atoms with Crippen molar-refractivity contribution < 1.29 is 4.42 Å². The van der Waals surface area contributed by atoms with E-state index in [2.05, 4.69) is 45.1 Å². The van der Waals surface area contributed by atoms with Gasteiger partial charge < -0.3 is 9.32 Å². The maximum atomic E-state index is 5.82. The van der Waals surface area contributed by atoms with Gasteiger partial charge in [0.25, 0.3) is 0 Å². The van der Waals surface area contributed by atoms with Gasteiger partial charge in [0.1, 0.15) is 5.52 Å². The smallest absolute Gasteiger partial charge is 0.209 e. The Labute approximate surface area is 130 Å². The summed E-state index contributed by atoms with van der Waals surface area (Å²) in [4.78, 5) is 9.40. The molecule has 0 atom stereocenters. The van der Waals surface area contributed by atoms with Crippen LogP contribution in [0.5, 0.6) is 0 Å². The van der Waals surface area contributed by atoms with E-state index in [1.165, 1.54) is 5.69 Å². The van der Waals surface area contributed by atoms with Gasteiger partial charge in [-0.15, -0.1) is 0 Å². The highest BCUT2D eigenvalue weighted by Crippen LogP contribution is 2.19. The van der Waals surface area contributed by atoms with Gasteiger partial charge in [0.05, 0.1) is 6.54 Å². The lowest BCUT2D eigenvalue weighted by atomic mass is 10.2. The second kappa shape index (κ2) is 5.81. The third-order valence-corrected chi connectivity index (χ3v) is 4.19. The second-order valence-electron chi connectivity index (χ2n) is 5.67. The molecule has 0 aliphatic carbocycles. The number of anilines is 1. The number of nitrogens with zero attached hydrogens (tertiary/aromatic N) is 3. The average molecular weight is 293 g/mol. The lowest BCUT2D eigenvalue weighted by Crippen LogP contribution is -2.46. The summed E-state index contributed by atoms with van der Waals surface area (Å²) in [5.74, 6) is 0.814. The molecule has 112 valence electrons. The number of fused-ring (bicyclic) bond motifs is 1. The van der Waals surface area contributed by atoms with Gasteiger partial charge in [-0.05, 0) is 24.3 Å². The molecule has 1 aliphatic heterocycles. The van der Waals surface area contributed by atoms with Gasteiger partial charge in [-0.1, -0.05) is 30.3 Å². The van der Waals surface area contributed by atoms with Crippen LogP contribution < -0.4 is 4.90 Å². The molecule has 0 N–H and O–H groups in total. The van der Waals surface area contributed by atoms with Crippen LogP contribution in [0, 0.1) is 0 Å². The fraction of sp³-hybridized carbons (Fsp3) is 0.278. The SMILES string of the molecule is c1ccc(N2CCN(Cc3nc4ccccc4o3)CC2)cc1. The van der Waals surface area contributed by atoms with Gasteiger partial charge in [0, 0.05) is 31.9 Å². The van der Waals surface area contributed by atoms with Crippen LogP contribution in [-0.2, 0) is 6.54 Å². The zero-order valence-electron chi connectivity index (χ0n) is 12.5. The van der Waals surface area contributed by atoms with Gasteiger partial charge in [-0.2, -0.15) is 0 Å². The summed E-state index contributed by atoms with van der Waals surface area (Å²) in [6.45, 7) is 4.95. The molecule has 0 saturated carbocycles. The van der Waals surface area contributed by atoms with Crippen molar-refractivity contribution in [1.29, 1.82) is 0 Å². The Bertz CT molecular complexity index is 712. The predicted molar refractivity (Wildman–Crippen MR) is 87.9 cm³/mol. The van der Waals surface area contributed by atoms with Crippen LogP contribution in [0.2, 0.25) is 0 Å². The Morgan fingerprint density at radius 1 is 0.864 bits per heavy atom. The summed E-state index contributed by atoms with van der Waals surface area (Å²) in [6, 6.07) is 18.6. The van der Waals surface area contributed by atoms with Crippen LogP contribution in [-0.4, -0.2) is 36.1 Å². The molecule has 1 aromatic heterocycles. The predicted octanol–water partition coefficient (Wildman–Crippen LogP) is 3.15. The number of aromatic nitrogens is 1. The van der Waals surface area contributed by atoms with Gasteiger partial charge >= 0.3 is 0 Å².